The molecule has 1 saturated carbocycles. The lowest BCUT2D eigenvalue weighted by Crippen LogP contribution is -2.26. The molecule has 0 atom stereocenters. The van der Waals surface area contributed by atoms with Crippen LogP contribution in [0.15, 0.2) is 18.2 Å². The van der Waals surface area contributed by atoms with Crippen molar-refractivity contribution in [2.24, 2.45) is 5.92 Å². The highest BCUT2D eigenvalue weighted by atomic mass is 19.4. The molecule has 1 aliphatic rings. The molecule has 0 aliphatic heterocycles. The quantitative estimate of drug-likeness (QED) is 0.784. The minimum atomic E-state index is -4.27. The zero-order chi connectivity index (χ0) is 14.8. The highest BCUT2D eigenvalue weighted by Crippen LogP contribution is 2.34. The Labute approximate surface area is 118 Å². The minimum absolute atomic E-state index is 0.306. The fourth-order valence-corrected chi connectivity index (χ4v) is 2.89. The minimum Gasteiger partial charge on any atom is -0.382 e. The van der Waals surface area contributed by atoms with Crippen molar-refractivity contribution in [2.75, 3.05) is 5.32 Å². The topological polar surface area (TPSA) is 12.0 Å². The van der Waals surface area contributed by atoms with Gasteiger partial charge >= 0.3 is 6.18 Å². The highest BCUT2D eigenvalue weighted by Gasteiger charge is 2.31. The Morgan fingerprint density at radius 3 is 2.35 bits per heavy atom. The molecule has 2 rings (SSSR count). The fourth-order valence-electron chi connectivity index (χ4n) is 2.89. The number of halogens is 3. The van der Waals surface area contributed by atoms with Crippen molar-refractivity contribution >= 4 is 5.69 Å². The first-order chi connectivity index (χ1) is 9.40. The number of rotatable bonds is 3. The number of nitrogens with one attached hydrogen (secondary N) is 1. The van der Waals surface area contributed by atoms with Crippen LogP contribution in [0.3, 0.4) is 0 Å². The van der Waals surface area contributed by atoms with Crippen LogP contribution in [0.4, 0.5) is 18.9 Å². The molecule has 0 saturated heterocycles. The van der Waals surface area contributed by atoms with Gasteiger partial charge in [-0.2, -0.15) is 13.2 Å². The molecule has 0 heterocycles. The van der Waals surface area contributed by atoms with Crippen LogP contribution in [0, 0.1) is 12.8 Å². The zero-order valence-electron chi connectivity index (χ0n) is 12.1. The van der Waals surface area contributed by atoms with Crippen molar-refractivity contribution in [1.82, 2.24) is 0 Å². The summed E-state index contributed by atoms with van der Waals surface area (Å²) in [4.78, 5) is 0. The summed E-state index contributed by atoms with van der Waals surface area (Å²) in [6, 6.07) is 4.23. The fraction of sp³-hybridized carbons (Fsp3) is 0.625. The molecule has 1 fully saturated rings. The van der Waals surface area contributed by atoms with Gasteiger partial charge in [0.15, 0.2) is 0 Å². The Morgan fingerprint density at radius 2 is 1.80 bits per heavy atom. The molecular formula is C16H22F3N. The SMILES string of the molecule is CCC1CCC(Nc2cc(C(F)(F)F)ccc2C)CC1. The van der Waals surface area contributed by atoms with E-state index in [0.29, 0.717) is 11.7 Å². The van der Waals surface area contributed by atoms with E-state index in [0.717, 1.165) is 30.4 Å². The molecular weight excluding hydrogens is 263 g/mol. The van der Waals surface area contributed by atoms with Gasteiger partial charge in [-0.25, -0.2) is 0 Å². The lowest BCUT2D eigenvalue weighted by molar-refractivity contribution is -0.137. The van der Waals surface area contributed by atoms with Crippen molar-refractivity contribution in [2.45, 2.75) is 58.2 Å². The monoisotopic (exact) mass is 285 g/mol. The summed E-state index contributed by atoms with van der Waals surface area (Å²) in [6.45, 7) is 4.05. The number of benzene rings is 1. The average Bonchev–Trinajstić information content (AvgIpc) is 2.41. The van der Waals surface area contributed by atoms with Crippen LogP contribution in [-0.4, -0.2) is 6.04 Å². The predicted octanol–water partition coefficient (Wildman–Crippen LogP) is 5.39. The van der Waals surface area contributed by atoms with Crippen LogP contribution in [0.2, 0.25) is 0 Å². The molecule has 0 amide bonds. The highest BCUT2D eigenvalue weighted by molar-refractivity contribution is 5.53. The lowest BCUT2D eigenvalue weighted by Gasteiger charge is -2.29. The van der Waals surface area contributed by atoms with E-state index in [2.05, 4.69) is 12.2 Å². The molecule has 0 radical (unpaired) electrons. The summed E-state index contributed by atoms with van der Waals surface area (Å²) >= 11 is 0. The molecule has 1 N–H and O–H groups in total. The van der Waals surface area contributed by atoms with E-state index in [-0.39, 0.29) is 0 Å². The van der Waals surface area contributed by atoms with E-state index < -0.39 is 11.7 Å². The number of anilines is 1. The lowest BCUT2D eigenvalue weighted by atomic mass is 9.84. The molecule has 112 valence electrons. The summed E-state index contributed by atoms with van der Waals surface area (Å²) in [6.07, 6.45) is 1.38. The van der Waals surface area contributed by atoms with Crippen LogP contribution in [-0.2, 0) is 6.18 Å². The molecule has 0 bridgehead atoms. The Balaban J connectivity index is 2.06. The summed E-state index contributed by atoms with van der Waals surface area (Å²) in [7, 11) is 0. The first-order valence-corrected chi connectivity index (χ1v) is 7.34. The maximum absolute atomic E-state index is 12.7. The van der Waals surface area contributed by atoms with Gasteiger partial charge in [0, 0.05) is 11.7 Å². The van der Waals surface area contributed by atoms with E-state index in [1.54, 1.807) is 6.07 Å². The van der Waals surface area contributed by atoms with E-state index in [1.807, 2.05) is 6.92 Å². The molecule has 0 spiro atoms. The van der Waals surface area contributed by atoms with Gasteiger partial charge in [-0.1, -0.05) is 19.4 Å². The van der Waals surface area contributed by atoms with E-state index in [1.165, 1.54) is 25.3 Å². The number of hydrogen-bond donors (Lipinski definition) is 1. The van der Waals surface area contributed by atoms with Gasteiger partial charge in [0.05, 0.1) is 5.56 Å². The van der Waals surface area contributed by atoms with Crippen molar-refractivity contribution in [1.29, 1.82) is 0 Å². The van der Waals surface area contributed by atoms with Crippen molar-refractivity contribution < 1.29 is 13.2 Å². The van der Waals surface area contributed by atoms with Gasteiger partial charge in [0.1, 0.15) is 0 Å². The third-order valence-electron chi connectivity index (χ3n) is 4.35. The van der Waals surface area contributed by atoms with E-state index in [4.69, 9.17) is 0 Å². The molecule has 1 aromatic carbocycles. The van der Waals surface area contributed by atoms with Gasteiger partial charge in [-0.15, -0.1) is 0 Å². The second kappa shape index (κ2) is 6.06. The van der Waals surface area contributed by atoms with Gasteiger partial charge in [0.25, 0.3) is 0 Å². The smallest absolute Gasteiger partial charge is 0.382 e. The molecule has 1 aromatic rings. The maximum atomic E-state index is 12.7. The van der Waals surface area contributed by atoms with Crippen molar-refractivity contribution in [3.8, 4) is 0 Å². The predicted molar refractivity (Wildman–Crippen MR) is 75.8 cm³/mol. The van der Waals surface area contributed by atoms with Crippen LogP contribution < -0.4 is 5.32 Å². The Hall–Kier alpha value is -1.19. The van der Waals surface area contributed by atoms with Gasteiger partial charge in [-0.05, 0) is 56.2 Å². The second-order valence-corrected chi connectivity index (χ2v) is 5.80. The van der Waals surface area contributed by atoms with Crippen molar-refractivity contribution in [3.05, 3.63) is 29.3 Å². The third kappa shape index (κ3) is 3.68. The Bertz CT molecular complexity index is 446. The normalized spacial score (nSPS) is 23.6. The molecule has 1 nitrogen and oxygen atoms in total. The second-order valence-electron chi connectivity index (χ2n) is 5.80. The molecule has 4 heteroatoms. The maximum Gasteiger partial charge on any atom is 0.416 e. The van der Waals surface area contributed by atoms with Crippen LogP contribution in [0.25, 0.3) is 0 Å². The van der Waals surface area contributed by atoms with E-state index in [9.17, 15) is 13.2 Å². The van der Waals surface area contributed by atoms with Crippen LogP contribution >= 0.6 is 0 Å². The molecule has 1 aliphatic carbocycles. The molecule has 20 heavy (non-hydrogen) atoms. The number of alkyl halides is 3. The van der Waals surface area contributed by atoms with Crippen molar-refractivity contribution in [3.63, 3.8) is 0 Å². The summed E-state index contributed by atoms with van der Waals surface area (Å²) in [5.41, 5.74) is 0.920. The number of hydrogen-bond acceptors (Lipinski definition) is 1. The van der Waals surface area contributed by atoms with E-state index >= 15 is 0 Å². The Kier molecular flexibility index (Phi) is 4.61. The average molecular weight is 285 g/mol. The summed E-state index contributed by atoms with van der Waals surface area (Å²) < 4.78 is 38.2. The summed E-state index contributed by atoms with van der Waals surface area (Å²) in [5.74, 6) is 0.788. The third-order valence-corrected chi connectivity index (χ3v) is 4.35. The van der Waals surface area contributed by atoms with Crippen LogP contribution in [0.5, 0.6) is 0 Å². The first-order valence-electron chi connectivity index (χ1n) is 7.34. The largest absolute Gasteiger partial charge is 0.416 e. The zero-order valence-corrected chi connectivity index (χ0v) is 12.1. The number of aryl methyl sites for hydroxylation is 1. The summed E-state index contributed by atoms with van der Waals surface area (Å²) in [5, 5.41) is 3.31. The standard InChI is InChI=1S/C16H22F3N/c1-3-12-5-8-14(9-6-12)20-15-10-13(16(17,18)19)7-4-11(15)2/h4,7,10,12,14,20H,3,5-6,8-9H2,1-2H3. The van der Waals surface area contributed by atoms with Gasteiger partial charge in [0.2, 0.25) is 0 Å². The van der Waals surface area contributed by atoms with Gasteiger partial charge in [-0.3, -0.25) is 0 Å². The van der Waals surface area contributed by atoms with Gasteiger partial charge < -0.3 is 5.32 Å². The molecule has 0 aromatic heterocycles. The first kappa shape index (κ1) is 15.2. The Morgan fingerprint density at radius 1 is 1.15 bits per heavy atom. The van der Waals surface area contributed by atoms with Crippen LogP contribution in [0.1, 0.15) is 50.2 Å². The molecule has 0 unspecified atom stereocenters.